The van der Waals surface area contributed by atoms with Crippen molar-refractivity contribution in [3.63, 3.8) is 0 Å². The highest BCUT2D eigenvalue weighted by Gasteiger charge is 2.25. The highest BCUT2D eigenvalue weighted by atomic mass is 16.5. The van der Waals surface area contributed by atoms with E-state index >= 15 is 0 Å². The molecule has 5 nitrogen and oxygen atoms in total. The maximum Gasteiger partial charge on any atom is 0.331 e. The van der Waals surface area contributed by atoms with Gasteiger partial charge < -0.3 is 15.0 Å². The lowest BCUT2D eigenvalue weighted by atomic mass is 10.1. The highest BCUT2D eigenvalue weighted by Crippen LogP contribution is 2.32. The summed E-state index contributed by atoms with van der Waals surface area (Å²) in [4.78, 5) is 25.7. The third-order valence-electron chi connectivity index (χ3n) is 3.64. The van der Waals surface area contributed by atoms with Gasteiger partial charge in [-0.05, 0) is 49.2 Å². The number of amides is 1. The van der Waals surface area contributed by atoms with Crippen LogP contribution in [0.25, 0.3) is 0 Å². The predicted octanol–water partition coefficient (Wildman–Crippen LogP) is 2.67. The molecule has 0 atom stereocenters. The van der Waals surface area contributed by atoms with Crippen LogP contribution in [-0.2, 0) is 9.59 Å². The van der Waals surface area contributed by atoms with E-state index in [2.05, 4.69) is 5.32 Å². The van der Waals surface area contributed by atoms with Crippen LogP contribution in [-0.4, -0.2) is 25.0 Å². The van der Waals surface area contributed by atoms with Gasteiger partial charge in [0.1, 0.15) is 6.54 Å². The number of fused-ring (bicyclic) bond motifs is 1. The fourth-order valence-electron chi connectivity index (χ4n) is 2.60. The summed E-state index contributed by atoms with van der Waals surface area (Å²) in [5, 5.41) is 2.85. The van der Waals surface area contributed by atoms with Crippen LogP contribution < -0.4 is 15.0 Å². The number of rotatable bonds is 3. The van der Waals surface area contributed by atoms with Crippen molar-refractivity contribution >= 4 is 23.3 Å². The van der Waals surface area contributed by atoms with E-state index in [0.29, 0.717) is 5.75 Å². The van der Waals surface area contributed by atoms with Gasteiger partial charge in [0.2, 0.25) is 5.91 Å². The Morgan fingerprint density at radius 3 is 2.74 bits per heavy atom. The van der Waals surface area contributed by atoms with Crippen molar-refractivity contribution in [3.05, 3.63) is 53.6 Å². The Morgan fingerprint density at radius 2 is 1.96 bits per heavy atom. The lowest BCUT2D eigenvalue weighted by Crippen LogP contribution is -2.41. The molecule has 3 rings (SSSR count). The second-order valence-corrected chi connectivity index (χ2v) is 5.72. The normalized spacial score (nSPS) is 13.3. The highest BCUT2D eigenvalue weighted by molar-refractivity contribution is 5.96. The van der Waals surface area contributed by atoms with Crippen LogP contribution in [0.1, 0.15) is 11.1 Å². The van der Waals surface area contributed by atoms with Crippen LogP contribution in [0, 0.1) is 13.8 Å². The molecule has 1 aliphatic rings. The number of hydrogen-bond acceptors (Lipinski definition) is 4. The van der Waals surface area contributed by atoms with Crippen molar-refractivity contribution in [1.82, 2.24) is 0 Å². The quantitative estimate of drug-likeness (QED) is 0.699. The molecular weight excluding hydrogens is 292 g/mol. The number of anilines is 2. The standard InChI is InChI=1S/C18H18N2O3/c1-12-4-3-5-14(8-12)19-17(21)10-20-11-18(22)23-16-9-13(2)6-7-15(16)20/h3-9H,10-11H2,1-2H3,(H,19,21). The first-order valence-electron chi connectivity index (χ1n) is 7.44. The molecule has 0 saturated carbocycles. The molecule has 0 aliphatic carbocycles. The van der Waals surface area contributed by atoms with E-state index in [1.54, 1.807) is 11.0 Å². The van der Waals surface area contributed by atoms with Crippen LogP contribution >= 0.6 is 0 Å². The number of aryl methyl sites for hydroxylation is 2. The molecule has 0 saturated heterocycles. The molecule has 0 spiro atoms. The zero-order valence-corrected chi connectivity index (χ0v) is 13.1. The summed E-state index contributed by atoms with van der Waals surface area (Å²) in [7, 11) is 0. The molecule has 2 aromatic carbocycles. The van der Waals surface area contributed by atoms with Gasteiger partial charge in [-0.15, -0.1) is 0 Å². The van der Waals surface area contributed by atoms with E-state index in [0.717, 1.165) is 22.5 Å². The Morgan fingerprint density at radius 1 is 1.17 bits per heavy atom. The fourth-order valence-corrected chi connectivity index (χ4v) is 2.60. The van der Waals surface area contributed by atoms with Crippen molar-refractivity contribution < 1.29 is 14.3 Å². The molecule has 0 radical (unpaired) electrons. The minimum absolute atomic E-state index is 0.0668. The number of nitrogens with zero attached hydrogens (tertiary/aromatic N) is 1. The summed E-state index contributed by atoms with van der Waals surface area (Å²) in [6.45, 7) is 4.06. The largest absolute Gasteiger partial charge is 0.423 e. The number of carbonyl (C=O) groups excluding carboxylic acids is 2. The summed E-state index contributed by atoms with van der Waals surface area (Å²) in [6.07, 6.45) is 0. The van der Waals surface area contributed by atoms with E-state index in [-0.39, 0.29) is 25.0 Å². The van der Waals surface area contributed by atoms with Gasteiger partial charge in [-0.25, -0.2) is 4.79 Å². The molecule has 5 heteroatoms. The number of benzene rings is 2. The Kier molecular flexibility index (Phi) is 4.02. The van der Waals surface area contributed by atoms with Gasteiger partial charge >= 0.3 is 5.97 Å². The summed E-state index contributed by atoms with van der Waals surface area (Å²) < 4.78 is 5.25. The van der Waals surface area contributed by atoms with Crippen LogP contribution in [0.3, 0.4) is 0 Å². The molecular formula is C18H18N2O3. The molecule has 0 unspecified atom stereocenters. The third kappa shape index (κ3) is 3.51. The van der Waals surface area contributed by atoms with Crippen molar-refractivity contribution in [2.24, 2.45) is 0 Å². The Balaban J connectivity index is 1.75. The van der Waals surface area contributed by atoms with Crippen LogP contribution in [0.2, 0.25) is 0 Å². The third-order valence-corrected chi connectivity index (χ3v) is 3.64. The molecule has 118 valence electrons. The van der Waals surface area contributed by atoms with Crippen LogP contribution in [0.4, 0.5) is 11.4 Å². The van der Waals surface area contributed by atoms with Crippen molar-refractivity contribution in [2.45, 2.75) is 13.8 Å². The molecule has 0 aromatic heterocycles. The summed E-state index contributed by atoms with van der Waals surface area (Å²) in [5.74, 6) is -0.0205. The SMILES string of the molecule is Cc1cccc(NC(=O)CN2CC(=O)Oc3cc(C)ccc32)c1. The van der Waals surface area contributed by atoms with E-state index < -0.39 is 0 Å². The second-order valence-electron chi connectivity index (χ2n) is 5.72. The van der Waals surface area contributed by atoms with E-state index in [1.165, 1.54) is 0 Å². The van der Waals surface area contributed by atoms with Crippen molar-refractivity contribution in [3.8, 4) is 5.75 Å². The zero-order valence-electron chi connectivity index (χ0n) is 13.1. The average molecular weight is 310 g/mol. The molecule has 1 amide bonds. The summed E-state index contributed by atoms with van der Waals surface area (Å²) in [5.41, 5.74) is 3.58. The minimum atomic E-state index is -0.355. The summed E-state index contributed by atoms with van der Waals surface area (Å²) in [6, 6.07) is 13.2. The van der Waals surface area contributed by atoms with E-state index in [9.17, 15) is 9.59 Å². The lowest BCUT2D eigenvalue weighted by molar-refractivity contribution is -0.133. The van der Waals surface area contributed by atoms with Crippen LogP contribution in [0.15, 0.2) is 42.5 Å². The molecule has 1 aliphatic heterocycles. The maximum absolute atomic E-state index is 12.3. The molecule has 1 heterocycles. The zero-order chi connectivity index (χ0) is 16.4. The second kappa shape index (κ2) is 6.12. The Bertz CT molecular complexity index is 771. The van der Waals surface area contributed by atoms with Crippen molar-refractivity contribution in [2.75, 3.05) is 23.3 Å². The van der Waals surface area contributed by atoms with Gasteiger partial charge in [0.15, 0.2) is 5.75 Å². The first kappa shape index (κ1) is 15.1. The maximum atomic E-state index is 12.3. The molecule has 1 N–H and O–H groups in total. The number of nitrogens with one attached hydrogen (secondary N) is 1. The van der Waals surface area contributed by atoms with E-state index in [4.69, 9.17) is 4.74 Å². The number of esters is 1. The Labute approximate surface area is 134 Å². The number of hydrogen-bond donors (Lipinski definition) is 1. The van der Waals surface area contributed by atoms with E-state index in [1.807, 2.05) is 50.2 Å². The first-order chi connectivity index (χ1) is 11.0. The molecule has 2 aromatic rings. The monoisotopic (exact) mass is 310 g/mol. The molecule has 23 heavy (non-hydrogen) atoms. The molecule has 0 bridgehead atoms. The number of carbonyl (C=O) groups is 2. The topological polar surface area (TPSA) is 58.6 Å². The van der Waals surface area contributed by atoms with Gasteiger partial charge in [-0.3, -0.25) is 4.79 Å². The Hall–Kier alpha value is -2.82. The van der Waals surface area contributed by atoms with Gasteiger partial charge in [0.05, 0.1) is 12.2 Å². The fraction of sp³-hybridized carbons (Fsp3) is 0.222. The van der Waals surface area contributed by atoms with Gasteiger partial charge in [-0.1, -0.05) is 18.2 Å². The first-order valence-corrected chi connectivity index (χ1v) is 7.44. The smallest absolute Gasteiger partial charge is 0.331 e. The lowest BCUT2D eigenvalue weighted by Gasteiger charge is -2.29. The number of ether oxygens (including phenoxy) is 1. The van der Waals surface area contributed by atoms with Gasteiger partial charge in [0, 0.05) is 5.69 Å². The predicted molar refractivity (Wildman–Crippen MR) is 88.8 cm³/mol. The van der Waals surface area contributed by atoms with Gasteiger partial charge in [-0.2, -0.15) is 0 Å². The van der Waals surface area contributed by atoms with Crippen LogP contribution in [0.5, 0.6) is 5.75 Å². The van der Waals surface area contributed by atoms with Gasteiger partial charge in [0.25, 0.3) is 0 Å². The minimum Gasteiger partial charge on any atom is -0.423 e. The molecule has 0 fully saturated rings. The summed E-state index contributed by atoms with van der Waals surface area (Å²) >= 11 is 0. The van der Waals surface area contributed by atoms with Crippen molar-refractivity contribution in [1.29, 1.82) is 0 Å². The average Bonchev–Trinajstić information content (AvgIpc) is 2.46.